The zero-order valence-corrected chi connectivity index (χ0v) is 14.4. The van der Waals surface area contributed by atoms with Crippen molar-refractivity contribution in [2.45, 2.75) is 51.2 Å². The molecule has 1 unspecified atom stereocenters. The van der Waals surface area contributed by atoms with Crippen molar-refractivity contribution in [3.05, 3.63) is 20.8 Å². The zero-order chi connectivity index (χ0) is 13.9. The van der Waals surface area contributed by atoms with Crippen molar-refractivity contribution >= 4 is 27.3 Å². The molecule has 0 saturated heterocycles. The predicted octanol–water partition coefficient (Wildman–Crippen LogP) is 4.76. The average Bonchev–Trinajstić information content (AvgIpc) is 2.81. The van der Waals surface area contributed by atoms with Gasteiger partial charge in [-0.05, 0) is 72.4 Å². The van der Waals surface area contributed by atoms with Crippen LogP contribution in [0.4, 0.5) is 0 Å². The van der Waals surface area contributed by atoms with Crippen LogP contribution in [0.3, 0.4) is 0 Å². The molecule has 0 aliphatic heterocycles. The first-order valence-corrected chi connectivity index (χ1v) is 8.89. The molecule has 1 fully saturated rings. The molecule has 2 nitrogen and oxygen atoms in total. The van der Waals surface area contributed by atoms with Crippen LogP contribution >= 0.6 is 27.3 Å². The maximum absolute atomic E-state index is 6.27. The summed E-state index contributed by atoms with van der Waals surface area (Å²) >= 11 is 5.43. The molecule has 0 bridgehead atoms. The van der Waals surface area contributed by atoms with E-state index in [1.807, 2.05) is 7.05 Å². The van der Waals surface area contributed by atoms with Gasteiger partial charge in [0.25, 0.3) is 0 Å². The van der Waals surface area contributed by atoms with Crippen LogP contribution in [0.1, 0.15) is 51.1 Å². The maximum Gasteiger partial charge on any atom is 0.0876 e. The SMILES string of the molecule is CCOC1(C(NC)c2cscc2Br)CCC(C)CC1. The number of nitrogens with one attached hydrogen (secondary N) is 1. The number of likely N-dealkylation sites (N-methyl/N-ethyl adjacent to an activating group) is 1. The van der Waals surface area contributed by atoms with Gasteiger partial charge >= 0.3 is 0 Å². The topological polar surface area (TPSA) is 21.3 Å². The van der Waals surface area contributed by atoms with Crippen molar-refractivity contribution in [3.63, 3.8) is 0 Å². The Morgan fingerprint density at radius 3 is 2.63 bits per heavy atom. The minimum atomic E-state index is -0.0421. The van der Waals surface area contributed by atoms with Crippen LogP contribution in [0.25, 0.3) is 0 Å². The summed E-state index contributed by atoms with van der Waals surface area (Å²) in [5, 5.41) is 7.90. The molecule has 0 spiro atoms. The van der Waals surface area contributed by atoms with Gasteiger partial charge in [-0.25, -0.2) is 0 Å². The Bertz CT molecular complexity index is 399. The third-order valence-electron chi connectivity index (χ3n) is 4.32. The normalized spacial score (nSPS) is 29.4. The summed E-state index contributed by atoms with van der Waals surface area (Å²) in [6, 6.07) is 0.278. The molecule has 1 aliphatic carbocycles. The van der Waals surface area contributed by atoms with E-state index in [9.17, 15) is 0 Å². The molecule has 0 amide bonds. The summed E-state index contributed by atoms with van der Waals surface area (Å²) in [5.41, 5.74) is 1.30. The Kier molecular flexibility index (Phi) is 5.46. The average molecular weight is 346 g/mol. The largest absolute Gasteiger partial charge is 0.373 e. The van der Waals surface area contributed by atoms with Crippen molar-refractivity contribution < 1.29 is 4.74 Å². The van der Waals surface area contributed by atoms with Gasteiger partial charge in [-0.3, -0.25) is 0 Å². The van der Waals surface area contributed by atoms with Crippen molar-refractivity contribution in [1.82, 2.24) is 5.32 Å². The van der Waals surface area contributed by atoms with Crippen LogP contribution in [0.2, 0.25) is 0 Å². The third kappa shape index (κ3) is 3.23. The van der Waals surface area contributed by atoms with E-state index in [4.69, 9.17) is 4.74 Å². The number of hydrogen-bond donors (Lipinski definition) is 1. The number of rotatable bonds is 5. The van der Waals surface area contributed by atoms with Crippen molar-refractivity contribution in [3.8, 4) is 0 Å². The Balaban J connectivity index is 2.28. The monoisotopic (exact) mass is 345 g/mol. The molecular weight excluding hydrogens is 322 g/mol. The van der Waals surface area contributed by atoms with Gasteiger partial charge in [0.05, 0.1) is 11.6 Å². The predicted molar refractivity (Wildman–Crippen MR) is 85.8 cm³/mol. The van der Waals surface area contributed by atoms with Gasteiger partial charge in [-0.1, -0.05) is 6.92 Å². The highest BCUT2D eigenvalue weighted by atomic mass is 79.9. The highest BCUT2D eigenvalue weighted by Gasteiger charge is 2.43. The van der Waals surface area contributed by atoms with Crippen molar-refractivity contribution in [1.29, 1.82) is 0 Å². The molecule has 1 saturated carbocycles. The van der Waals surface area contributed by atoms with Gasteiger partial charge in [-0.15, -0.1) is 0 Å². The third-order valence-corrected chi connectivity index (χ3v) is 6.07. The fourth-order valence-electron chi connectivity index (χ4n) is 3.25. The molecule has 1 N–H and O–H groups in total. The summed E-state index contributed by atoms with van der Waals surface area (Å²) in [7, 11) is 2.05. The molecule has 19 heavy (non-hydrogen) atoms. The smallest absolute Gasteiger partial charge is 0.0876 e. The first kappa shape index (κ1) is 15.5. The number of thiophene rings is 1. The summed E-state index contributed by atoms with van der Waals surface area (Å²) in [4.78, 5) is 0. The second kappa shape index (κ2) is 6.70. The van der Waals surface area contributed by atoms with Gasteiger partial charge < -0.3 is 10.1 Å². The van der Waals surface area contributed by atoms with E-state index in [1.54, 1.807) is 11.3 Å². The highest BCUT2D eigenvalue weighted by molar-refractivity contribution is 9.10. The van der Waals surface area contributed by atoms with Crippen LogP contribution in [0.15, 0.2) is 15.2 Å². The molecule has 1 heterocycles. The Morgan fingerprint density at radius 1 is 1.47 bits per heavy atom. The molecule has 1 aromatic heterocycles. The minimum absolute atomic E-state index is 0.0421. The number of hydrogen-bond acceptors (Lipinski definition) is 3. The van der Waals surface area contributed by atoms with Gasteiger partial charge in [0.15, 0.2) is 0 Å². The lowest BCUT2D eigenvalue weighted by molar-refractivity contribution is -0.0962. The van der Waals surface area contributed by atoms with E-state index in [2.05, 4.69) is 45.9 Å². The molecular formula is C15H24BrNOS. The standard InChI is InChI=1S/C15H24BrNOS/c1-4-18-15(7-5-11(2)6-8-15)14(17-3)12-9-19-10-13(12)16/h9-11,14,17H,4-8H2,1-3H3. The van der Waals surface area contributed by atoms with Crippen molar-refractivity contribution in [2.24, 2.45) is 5.92 Å². The molecule has 1 aromatic rings. The number of halogens is 1. The van der Waals surface area contributed by atoms with Crippen LogP contribution in [0, 0.1) is 5.92 Å². The molecule has 4 heteroatoms. The second-order valence-corrected chi connectivity index (χ2v) is 7.17. The van der Waals surface area contributed by atoms with E-state index in [0.29, 0.717) is 0 Å². The van der Waals surface area contributed by atoms with E-state index in [1.165, 1.54) is 22.9 Å². The quantitative estimate of drug-likeness (QED) is 0.830. The summed E-state index contributed by atoms with van der Waals surface area (Å²) in [6.45, 7) is 5.24. The van der Waals surface area contributed by atoms with Crippen LogP contribution in [-0.4, -0.2) is 19.3 Å². The Morgan fingerprint density at radius 2 is 2.16 bits per heavy atom. The van der Waals surface area contributed by atoms with Crippen LogP contribution in [-0.2, 0) is 4.74 Å². The lowest BCUT2D eigenvalue weighted by Gasteiger charge is -2.44. The summed E-state index contributed by atoms with van der Waals surface area (Å²) in [6.07, 6.45) is 4.82. The minimum Gasteiger partial charge on any atom is -0.373 e. The fraction of sp³-hybridized carbons (Fsp3) is 0.733. The van der Waals surface area contributed by atoms with E-state index in [0.717, 1.165) is 25.4 Å². The maximum atomic E-state index is 6.27. The van der Waals surface area contributed by atoms with E-state index < -0.39 is 0 Å². The Labute approximate surface area is 129 Å². The van der Waals surface area contributed by atoms with E-state index in [-0.39, 0.29) is 11.6 Å². The first-order valence-electron chi connectivity index (χ1n) is 7.15. The van der Waals surface area contributed by atoms with Gasteiger partial charge in [0.1, 0.15) is 0 Å². The fourth-order valence-corrected chi connectivity index (χ4v) is 4.81. The lowest BCUT2D eigenvalue weighted by atomic mass is 9.74. The Hall–Kier alpha value is 0.100. The van der Waals surface area contributed by atoms with Crippen molar-refractivity contribution in [2.75, 3.05) is 13.7 Å². The molecule has 1 atom stereocenters. The second-order valence-electron chi connectivity index (χ2n) is 5.58. The van der Waals surface area contributed by atoms with E-state index >= 15 is 0 Å². The first-order chi connectivity index (χ1) is 9.13. The molecule has 0 radical (unpaired) electrons. The van der Waals surface area contributed by atoms with Crippen LogP contribution in [0.5, 0.6) is 0 Å². The number of ether oxygens (including phenoxy) is 1. The van der Waals surface area contributed by atoms with Gasteiger partial charge in [-0.2, -0.15) is 11.3 Å². The highest BCUT2D eigenvalue weighted by Crippen LogP contribution is 2.45. The van der Waals surface area contributed by atoms with Gasteiger partial charge in [0.2, 0.25) is 0 Å². The molecule has 2 rings (SSSR count). The molecule has 1 aliphatic rings. The van der Waals surface area contributed by atoms with Gasteiger partial charge in [0, 0.05) is 16.5 Å². The molecule has 0 aromatic carbocycles. The summed E-state index contributed by atoms with van der Waals surface area (Å²) in [5.74, 6) is 0.831. The zero-order valence-electron chi connectivity index (χ0n) is 12.0. The molecule has 108 valence electrons. The summed E-state index contributed by atoms with van der Waals surface area (Å²) < 4.78 is 7.48. The lowest BCUT2D eigenvalue weighted by Crippen LogP contribution is -2.47. The van der Waals surface area contributed by atoms with Crippen LogP contribution < -0.4 is 5.32 Å².